The summed E-state index contributed by atoms with van der Waals surface area (Å²) in [7, 11) is 0. The molecule has 0 aromatic rings. The third kappa shape index (κ3) is 2.03. The molecule has 2 heterocycles. The summed E-state index contributed by atoms with van der Waals surface area (Å²) in [4.78, 5) is 0. The van der Waals surface area contributed by atoms with Crippen LogP contribution in [0.25, 0.3) is 0 Å². The Bertz CT molecular complexity index is 147. The second-order valence-corrected chi connectivity index (χ2v) is 3.44. The van der Waals surface area contributed by atoms with Crippen LogP contribution < -0.4 is 11.1 Å². The van der Waals surface area contributed by atoms with Gasteiger partial charge in [0.25, 0.3) is 0 Å². The van der Waals surface area contributed by atoms with Gasteiger partial charge in [0.2, 0.25) is 0 Å². The number of nitrogens with two attached hydrogens (primary N) is 1. The Balaban J connectivity index is 0.000000605. The normalized spacial score (nSPS) is 44.5. The number of fused-ring (bicyclic) bond motifs is 2. The van der Waals surface area contributed by atoms with Crippen molar-refractivity contribution in [3.63, 3.8) is 0 Å². The van der Waals surface area contributed by atoms with Crippen LogP contribution in [0, 0.1) is 0 Å². The van der Waals surface area contributed by atoms with Crippen LogP contribution in [0.4, 0.5) is 0 Å². The lowest BCUT2D eigenvalue weighted by molar-refractivity contribution is 0.0830. The molecule has 4 N–H and O–H groups in total. The summed E-state index contributed by atoms with van der Waals surface area (Å²) < 4.78 is 0. The topological polar surface area (TPSA) is 58.3 Å². The van der Waals surface area contributed by atoms with Gasteiger partial charge in [-0.1, -0.05) is 0 Å². The third-order valence-electron chi connectivity index (χ3n) is 2.68. The highest BCUT2D eigenvalue weighted by molar-refractivity contribution is 5.85. The summed E-state index contributed by atoms with van der Waals surface area (Å²) in [6.45, 7) is 0. The first kappa shape index (κ1) is 12.5. The first-order valence-electron chi connectivity index (χ1n) is 3.97. The van der Waals surface area contributed by atoms with E-state index in [-0.39, 0.29) is 43.0 Å². The van der Waals surface area contributed by atoms with E-state index in [1.165, 1.54) is 6.42 Å². The molecule has 0 amide bonds. The van der Waals surface area contributed by atoms with Gasteiger partial charge in [0.05, 0.1) is 6.10 Å². The maximum Gasteiger partial charge on any atom is 0.0844 e. The van der Waals surface area contributed by atoms with Gasteiger partial charge in [-0.15, -0.1) is 24.8 Å². The molecule has 0 saturated carbocycles. The van der Waals surface area contributed by atoms with Gasteiger partial charge in [-0.25, -0.2) is 0 Å². The molecule has 0 spiro atoms. The highest BCUT2D eigenvalue weighted by Crippen LogP contribution is 2.25. The molecule has 2 fully saturated rings. The van der Waals surface area contributed by atoms with Crippen molar-refractivity contribution in [2.45, 2.75) is 43.5 Å². The Hall–Kier alpha value is 0.460. The Kier molecular flexibility index (Phi) is 4.81. The number of nitrogens with one attached hydrogen (secondary N) is 1. The maximum atomic E-state index is 9.48. The van der Waals surface area contributed by atoms with E-state index >= 15 is 0 Å². The summed E-state index contributed by atoms with van der Waals surface area (Å²) in [6.07, 6.45) is 2.92. The number of hydrogen-bond acceptors (Lipinski definition) is 3. The zero-order chi connectivity index (χ0) is 7.14. The summed E-state index contributed by atoms with van der Waals surface area (Å²) in [5.74, 6) is 0. The summed E-state index contributed by atoms with van der Waals surface area (Å²) in [6, 6.07) is 0.885. The molecule has 3 nitrogen and oxygen atoms in total. The van der Waals surface area contributed by atoms with Crippen LogP contribution >= 0.6 is 24.8 Å². The molecule has 5 heteroatoms. The van der Waals surface area contributed by atoms with Crippen LogP contribution in [0.15, 0.2) is 0 Å². The van der Waals surface area contributed by atoms with Crippen LogP contribution in [0.3, 0.4) is 0 Å². The highest BCUT2D eigenvalue weighted by atomic mass is 35.5. The van der Waals surface area contributed by atoms with Crippen LogP contribution in [0.2, 0.25) is 0 Å². The number of piperidine rings is 1. The van der Waals surface area contributed by atoms with Crippen LogP contribution in [0.5, 0.6) is 0 Å². The minimum atomic E-state index is -0.307. The van der Waals surface area contributed by atoms with Crippen molar-refractivity contribution in [3.05, 3.63) is 0 Å². The number of rotatable bonds is 0. The smallest absolute Gasteiger partial charge is 0.0844 e. The molecule has 0 aliphatic carbocycles. The fraction of sp³-hybridized carbons (Fsp3) is 1.00. The van der Waals surface area contributed by atoms with Crippen molar-refractivity contribution in [2.24, 2.45) is 5.73 Å². The second-order valence-electron chi connectivity index (χ2n) is 3.44. The van der Waals surface area contributed by atoms with E-state index in [0.717, 1.165) is 12.8 Å². The minimum Gasteiger partial charge on any atom is -0.390 e. The lowest BCUT2D eigenvalue weighted by atomic mass is 9.98. The van der Waals surface area contributed by atoms with Crippen molar-refractivity contribution < 1.29 is 5.11 Å². The Morgan fingerprint density at radius 1 is 1.25 bits per heavy atom. The molecular formula is C7H16Cl2N2O. The van der Waals surface area contributed by atoms with Crippen molar-refractivity contribution in [3.8, 4) is 0 Å². The fourth-order valence-corrected chi connectivity index (χ4v) is 2.07. The predicted octanol–water partition coefficient (Wildman–Crippen LogP) is 0.0425. The molecule has 2 rings (SSSR count). The Morgan fingerprint density at radius 3 is 2.58 bits per heavy atom. The van der Waals surface area contributed by atoms with Gasteiger partial charge in [0, 0.05) is 18.1 Å². The Morgan fingerprint density at radius 2 is 1.92 bits per heavy atom. The van der Waals surface area contributed by atoms with Crippen LogP contribution in [-0.2, 0) is 0 Å². The van der Waals surface area contributed by atoms with Gasteiger partial charge >= 0.3 is 0 Å². The minimum absolute atomic E-state index is 0. The molecule has 2 aliphatic heterocycles. The molecule has 0 aromatic heterocycles. The van der Waals surface area contributed by atoms with Gasteiger partial charge in [0.1, 0.15) is 0 Å². The molecule has 4 atom stereocenters. The van der Waals surface area contributed by atoms with E-state index in [1.807, 2.05) is 0 Å². The molecule has 0 radical (unpaired) electrons. The molecule has 2 saturated heterocycles. The zero-order valence-electron chi connectivity index (χ0n) is 6.77. The molecule has 74 valence electrons. The van der Waals surface area contributed by atoms with E-state index in [0.29, 0.717) is 6.04 Å². The molecule has 2 bridgehead atoms. The molecular weight excluding hydrogens is 199 g/mol. The van der Waals surface area contributed by atoms with E-state index in [1.54, 1.807) is 0 Å². The summed E-state index contributed by atoms with van der Waals surface area (Å²) >= 11 is 0. The van der Waals surface area contributed by atoms with Crippen LogP contribution in [0.1, 0.15) is 19.3 Å². The highest BCUT2D eigenvalue weighted by Gasteiger charge is 2.38. The fourth-order valence-electron chi connectivity index (χ4n) is 2.07. The van der Waals surface area contributed by atoms with Gasteiger partial charge < -0.3 is 16.2 Å². The molecule has 12 heavy (non-hydrogen) atoms. The number of aliphatic hydroxyl groups is 1. The SMILES string of the molecule is Cl.Cl.NC1CC2CCC(N2)C1O. The quantitative estimate of drug-likeness (QED) is 0.534. The van der Waals surface area contributed by atoms with Gasteiger partial charge in [-0.05, 0) is 19.3 Å². The molecule has 2 aliphatic rings. The Labute approximate surface area is 84.9 Å². The lowest BCUT2D eigenvalue weighted by Crippen LogP contribution is -2.55. The average molecular weight is 215 g/mol. The van der Waals surface area contributed by atoms with E-state index in [4.69, 9.17) is 5.73 Å². The van der Waals surface area contributed by atoms with Gasteiger partial charge in [-0.3, -0.25) is 0 Å². The first-order chi connectivity index (χ1) is 4.77. The maximum absolute atomic E-state index is 9.48. The van der Waals surface area contributed by atoms with Crippen molar-refractivity contribution >= 4 is 24.8 Å². The monoisotopic (exact) mass is 214 g/mol. The van der Waals surface area contributed by atoms with Gasteiger partial charge in [0.15, 0.2) is 0 Å². The number of halogens is 2. The lowest BCUT2D eigenvalue weighted by Gasteiger charge is -2.31. The predicted molar refractivity (Wildman–Crippen MR) is 53.0 cm³/mol. The molecule has 0 aromatic carbocycles. The zero-order valence-corrected chi connectivity index (χ0v) is 8.40. The second kappa shape index (κ2) is 4.63. The van der Waals surface area contributed by atoms with Crippen molar-refractivity contribution in [1.29, 1.82) is 0 Å². The standard InChI is InChI=1S/C7H14N2O.2ClH/c8-5-3-4-1-2-6(9-4)7(5)10;;/h4-7,9-10H,1-3,8H2;2*1H. The van der Waals surface area contributed by atoms with E-state index < -0.39 is 0 Å². The molecule has 4 unspecified atom stereocenters. The third-order valence-corrected chi connectivity index (χ3v) is 2.68. The van der Waals surface area contributed by atoms with E-state index in [2.05, 4.69) is 5.32 Å². The van der Waals surface area contributed by atoms with Crippen LogP contribution in [-0.4, -0.2) is 29.3 Å². The number of aliphatic hydroxyl groups excluding tert-OH is 1. The first-order valence-corrected chi connectivity index (χ1v) is 3.97. The summed E-state index contributed by atoms with van der Waals surface area (Å²) in [5, 5.41) is 12.8. The van der Waals surface area contributed by atoms with Crippen molar-refractivity contribution in [2.75, 3.05) is 0 Å². The average Bonchev–Trinajstić information content (AvgIpc) is 2.29. The number of hydrogen-bond donors (Lipinski definition) is 3. The largest absolute Gasteiger partial charge is 0.390 e. The van der Waals surface area contributed by atoms with Crippen molar-refractivity contribution in [1.82, 2.24) is 5.32 Å². The van der Waals surface area contributed by atoms with E-state index in [9.17, 15) is 5.11 Å². The summed E-state index contributed by atoms with van der Waals surface area (Å²) in [5.41, 5.74) is 5.71. The van der Waals surface area contributed by atoms with Gasteiger partial charge in [-0.2, -0.15) is 0 Å².